The molecule has 3 nitrogen and oxygen atoms in total. The fraction of sp³-hybridized carbons (Fsp3) is 0.857. The van der Waals surface area contributed by atoms with Gasteiger partial charge in [-0.1, -0.05) is 0 Å². The van der Waals surface area contributed by atoms with Gasteiger partial charge in [-0.25, -0.2) is 0 Å². The Balaban J connectivity index is 3.69. The smallest absolute Gasteiger partial charge is 0.194 e. The molecule has 0 fully saturated rings. The van der Waals surface area contributed by atoms with Crippen molar-refractivity contribution in [2.24, 2.45) is 5.73 Å². The molecule has 0 aliphatic rings. The number of halogens is 1. The van der Waals surface area contributed by atoms with Gasteiger partial charge in [-0.3, -0.25) is 4.79 Å². The van der Waals surface area contributed by atoms with Crippen LogP contribution in [0, 0.1) is 0 Å². The molecule has 0 rings (SSSR count). The van der Waals surface area contributed by atoms with E-state index in [-0.39, 0.29) is 9.89 Å². The van der Waals surface area contributed by atoms with Gasteiger partial charge in [-0.2, -0.15) is 0 Å². The molecule has 0 bridgehead atoms. The molecule has 0 aromatic rings. The summed E-state index contributed by atoms with van der Waals surface area (Å²) in [6.07, 6.45) is 0.320. The minimum atomic E-state index is -0.647. The van der Waals surface area contributed by atoms with E-state index in [9.17, 15) is 4.79 Å². The standard InChI is InChI=1S/C7H14INO2/c1-5(4-6(8)10)11-7(2,3)9/h5H,4,9H2,1-3H3. The average molecular weight is 271 g/mol. The SMILES string of the molecule is CC(CC(=O)I)OC(C)(C)N. The van der Waals surface area contributed by atoms with Crippen LogP contribution < -0.4 is 5.73 Å². The van der Waals surface area contributed by atoms with Crippen molar-refractivity contribution in [3.63, 3.8) is 0 Å². The van der Waals surface area contributed by atoms with Crippen LogP contribution in [0.4, 0.5) is 0 Å². The number of carbonyl (C=O) groups is 1. The Kier molecular flexibility index (Phi) is 4.50. The second-order valence-electron chi connectivity index (χ2n) is 3.09. The van der Waals surface area contributed by atoms with Gasteiger partial charge >= 0.3 is 0 Å². The molecular weight excluding hydrogens is 257 g/mol. The van der Waals surface area contributed by atoms with Crippen LogP contribution in [0.2, 0.25) is 0 Å². The maximum atomic E-state index is 10.6. The van der Waals surface area contributed by atoms with Crippen molar-refractivity contribution >= 4 is 26.4 Å². The first-order chi connectivity index (χ1) is 4.81. The number of carbonyl (C=O) groups excluding carboxylic acids is 1. The van der Waals surface area contributed by atoms with Gasteiger partial charge in [-0.05, 0) is 43.4 Å². The van der Waals surface area contributed by atoms with E-state index in [1.807, 2.05) is 6.92 Å². The Morgan fingerprint density at radius 2 is 2.18 bits per heavy atom. The lowest BCUT2D eigenvalue weighted by Crippen LogP contribution is -2.38. The Morgan fingerprint density at radius 1 is 1.73 bits per heavy atom. The quantitative estimate of drug-likeness (QED) is 0.478. The Labute approximate surface area is 80.8 Å². The topological polar surface area (TPSA) is 52.3 Å². The predicted octanol–water partition coefficient (Wildman–Crippen LogP) is 1.44. The highest BCUT2D eigenvalue weighted by atomic mass is 127. The third-order valence-corrected chi connectivity index (χ3v) is 1.39. The van der Waals surface area contributed by atoms with E-state index in [1.54, 1.807) is 36.4 Å². The van der Waals surface area contributed by atoms with Crippen LogP contribution in [0.3, 0.4) is 0 Å². The lowest BCUT2D eigenvalue weighted by molar-refractivity contribution is -0.115. The summed E-state index contributed by atoms with van der Waals surface area (Å²) in [5.74, 6) is 0. The van der Waals surface area contributed by atoms with Gasteiger partial charge in [0.05, 0.1) is 6.10 Å². The average Bonchev–Trinajstić information content (AvgIpc) is 1.53. The Bertz CT molecular complexity index is 142. The molecule has 0 amide bonds. The van der Waals surface area contributed by atoms with Gasteiger partial charge < -0.3 is 10.5 Å². The number of nitrogens with two attached hydrogens (primary N) is 1. The van der Waals surface area contributed by atoms with Crippen LogP contribution in [0.15, 0.2) is 0 Å². The van der Waals surface area contributed by atoms with Crippen LogP contribution in [0.25, 0.3) is 0 Å². The lowest BCUT2D eigenvalue weighted by atomic mass is 10.2. The summed E-state index contributed by atoms with van der Waals surface area (Å²) in [4.78, 5) is 10.6. The molecule has 0 aliphatic carbocycles. The van der Waals surface area contributed by atoms with Crippen molar-refractivity contribution in [1.29, 1.82) is 0 Å². The summed E-state index contributed by atoms with van der Waals surface area (Å²) in [7, 11) is 0. The number of rotatable bonds is 4. The summed E-state index contributed by atoms with van der Waals surface area (Å²) in [6, 6.07) is 0. The second-order valence-corrected chi connectivity index (χ2v) is 4.29. The molecule has 1 unspecified atom stereocenters. The van der Waals surface area contributed by atoms with Crippen molar-refractivity contribution in [3.05, 3.63) is 0 Å². The summed E-state index contributed by atoms with van der Waals surface area (Å²) < 4.78 is 5.40. The zero-order valence-corrected chi connectivity index (χ0v) is 9.21. The maximum Gasteiger partial charge on any atom is 0.194 e. The van der Waals surface area contributed by atoms with E-state index < -0.39 is 5.72 Å². The van der Waals surface area contributed by atoms with Gasteiger partial charge in [0.25, 0.3) is 0 Å². The highest BCUT2D eigenvalue weighted by molar-refractivity contribution is 14.1. The van der Waals surface area contributed by atoms with Crippen LogP contribution in [-0.2, 0) is 9.53 Å². The maximum absolute atomic E-state index is 10.6. The molecule has 0 aliphatic heterocycles. The first kappa shape index (κ1) is 11.3. The molecule has 0 aromatic heterocycles. The van der Waals surface area contributed by atoms with Crippen molar-refractivity contribution in [2.75, 3.05) is 0 Å². The summed E-state index contributed by atoms with van der Waals surface area (Å²) in [5, 5.41) is 0. The fourth-order valence-electron chi connectivity index (χ4n) is 0.786. The van der Waals surface area contributed by atoms with E-state index in [1.165, 1.54) is 0 Å². The molecule has 66 valence electrons. The molecule has 1 atom stereocenters. The van der Waals surface area contributed by atoms with E-state index in [4.69, 9.17) is 10.5 Å². The van der Waals surface area contributed by atoms with Gasteiger partial charge in [0.1, 0.15) is 5.72 Å². The highest BCUT2D eigenvalue weighted by Crippen LogP contribution is 2.09. The molecule has 0 saturated heterocycles. The molecule has 11 heavy (non-hydrogen) atoms. The lowest BCUT2D eigenvalue weighted by Gasteiger charge is -2.23. The van der Waals surface area contributed by atoms with Crippen LogP contribution in [-0.4, -0.2) is 15.6 Å². The molecule has 4 heteroatoms. The predicted molar refractivity (Wildman–Crippen MR) is 52.5 cm³/mol. The summed E-state index contributed by atoms with van der Waals surface area (Å²) in [6.45, 7) is 5.37. The molecule has 2 N–H and O–H groups in total. The molecule has 0 spiro atoms. The van der Waals surface area contributed by atoms with Crippen molar-refractivity contribution in [1.82, 2.24) is 0 Å². The van der Waals surface area contributed by atoms with Gasteiger partial charge in [0.2, 0.25) is 0 Å². The number of hydrogen-bond donors (Lipinski definition) is 1. The minimum absolute atomic E-state index is 0.0966. The van der Waals surface area contributed by atoms with Crippen molar-refractivity contribution in [2.45, 2.75) is 39.0 Å². The molecule has 0 radical (unpaired) electrons. The molecular formula is C7H14INO2. The normalized spacial score (nSPS) is 14.6. The van der Waals surface area contributed by atoms with E-state index in [0.717, 1.165) is 0 Å². The largest absolute Gasteiger partial charge is 0.358 e. The summed E-state index contributed by atoms with van der Waals surface area (Å²) >= 11 is 1.75. The van der Waals surface area contributed by atoms with Crippen molar-refractivity contribution < 1.29 is 9.53 Å². The van der Waals surface area contributed by atoms with E-state index in [0.29, 0.717) is 6.42 Å². The molecule has 0 aromatic carbocycles. The van der Waals surface area contributed by atoms with E-state index >= 15 is 0 Å². The third-order valence-electron chi connectivity index (χ3n) is 0.953. The second kappa shape index (κ2) is 4.37. The fourth-order valence-corrected chi connectivity index (χ4v) is 1.41. The Morgan fingerprint density at radius 3 is 2.45 bits per heavy atom. The van der Waals surface area contributed by atoms with E-state index in [2.05, 4.69) is 0 Å². The monoisotopic (exact) mass is 271 g/mol. The van der Waals surface area contributed by atoms with Crippen LogP contribution in [0.5, 0.6) is 0 Å². The van der Waals surface area contributed by atoms with Crippen molar-refractivity contribution in [3.8, 4) is 0 Å². The minimum Gasteiger partial charge on any atom is -0.358 e. The van der Waals surface area contributed by atoms with Crippen LogP contribution in [0.1, 0.15) is 27.2 Å². The van der Waals surface area contributed by atoms with Gasteiger partial charge in [-0.15, -0.1) is 0 Å². The number of ether oxygens (including phenoxy) is 1. The Hall–Kier alpha value is 0.320. The highest BCUT2D eigenvalue weighted by Gasteiger charge is 2.16. The zero-order valence-electron chi connectivity index (χ0n) is 7.06. The molecule has 0 heterocycles. The zero-order chi connectivity index (χ0) is 9.07. The third kappa shape index (κ3) is 8.22. The first-order valence-corrected chi connectivity index (χ1v) is 4.54. The molecule has 0 saturated carbocycles. The van der Waals surface area contributed by atoms with Crippen LogP contribution >= 0.6 is 22.6 Å². The number of hydrogen-bond acceptors (Lipinski definition) is 3. The summed E-state index contributed by atoms with van der Waals surface area (Å²) in [5.41, 5.74) is 4.93. The van der Waals surface area contributed by atoms with Gasteiger partial charge in [0.15, 0.2) is 3.79 Å². The van der Waals surface area contributed by atoms with Gasteiger partial charge in [0, 0.05) is 6.42 Å². The first-order valence-electron chi connectivity index (χ1n) is 3.46.